The van der Waals surface area contributed by atoms with Crippen LogP contribution in [0, 0.1) is 19.8 Å². The van der Waals surface area contributed by atoms with E-state index in [0.29, 0.717) is 28.5 Å². The van der Waals surface area contributed by atoms with Crippen LogP contribution in [0.2, 0.25) is 4.34 Å². The molecule has 1 aliphatic heterocycles. The van der Waals surface area contributed by atoms with Gasteiger partial charge >= 0.3 is 0 Å². The Hall–Kier alpha value is -1.17. The fourth-order valence-corrected chi connectivity index (χ4v) is 8.58. The maximum atomic E-state index is 13.2. The molecule has 0 radical (unpaired) electrons. The third kappa shape index (κ3) is 5.26. The van der Waals surface area contributed by atoms with Gasteiger partial charge in [-0.1, -0.05) is 22.9 Å². The number of piperidine rings is 1. The fourth-order valence-electron chi connectivity index (χ4n) is 3.92. The second-order valence-corrected chi connectivity index (χ2v) is 14.0. The first-order chi connectivity index (χ1) is 15.7. The van der Waals surface area contributed by atoms with E-state index < -0.39 is 15.9 Å². The Morgan fingerprint density at radius 3 is 2.70 bits per heavy atom. The van der Waals surface area contributed by atoms with Gasteiger partial charge < -0.3 is 4.57 Å². The number of aromatic nitrogens is 1. The molecule has 0 saturated carbocycles. The summed E-state index contributed by atoms with van der Waals surface area (Å²) in [4.78, 5) is 18.4. The fraction of sp³-hybridized carbons (Fsp3) is 0.455. The summed E-state index contributed by atoms with van der Waals surface area (Å²) in [5.74, 6) is 0.211. The van der Waals surface area contributed by atoms with Crippen molar-refractivity contribution in [3.63, 3.8) is 0 Å². The zero-order chi connectivity index (χ0) is 23.8. The first-order valence-electron chi connectivity index (χ1n) is 10.6. The Labute approximate surface area is 211 Å². The van der Waals surface area contributed by atoms with Crippen molar-refractivity contribution < 1.29 is 13.2 Å². The van der Waals surface area contributed by atoms with Crippen LogP contribution < -0.4 is 4.80 Å². The highest BCUT2D eigenvalue weighted by atomic mass is 35.5. The number of rotatable bonds is 6. The highest BCUT2D eigenvalue weighted by Crippen LogP contribution is 2.31. The van der Waals surface area contributed by atoms with E-state index in [2.05, 4.69) is 41.8 Å². The maximum Gasteiger partial charge on any atom is 0.252 e. The molecule has 178 valence electrons. The number of thiophene rings is 1. The third-order valence-corrected chi connectivity index (χ3v) is 11.1. The molecule has 3 heterocycles. The number of carbonyl (C=O) groups excluding carboxylic acids is 1. The van der Waals surface area contributed by atoms with Gasteiger partial charge in [0.2, 0.25) is 0 Å². The molecule has 3 aromatic rings. The van der Waals surface area contributed by atoms with Crippen molar-refractivity contribution in [1.82, 2.24) is 8.87 Å². The number of hydrogen-bond acceptors (Lipinski definition) is 6. The van der Waals surface area contributed by atoms with Crippen LogP contribution in [0.5, 0.6) is 0 Å². The van der Waals surface area contributed by atoms with Crippen molar-refractivity contribution in [3.8, 4) is 0 Å². The van der Waals surface area contributed by atoms with Gasteiger partial charge in [0.1, 0.15) is 4.21 Å². The predicted molar refractivity (Wildman–Crippen MR) is 139 cm³/mol. The number of halogens is 1. The van der Waals surface area contributed by atoms with E-state index >= 15 is 0 Å². The van der Waals surface area contributed by atoms with Crippen molar-refractivity contribution in [2.45, 2.75) is 37.4 Å². The van der Waals surface area contributed by atoms with Gasteiger partial charge in [-0.3, -0.25) is 4.79 Å². The summed E-state index contributed by atoms with van der Waals surface area (Å²) in [6.07, 6.45) is 3.32. The molecule has 1 saturated heterocycles. The number of thioether (sulfide) groups is 1. The van der Waals surface area contributed by atoms with Crippen LogP contribution >= 0.6 is 46.0 Å². The molecule has 1 aliphatic rings. The normalized spacial score (nSPS) is 18.3. The molecule has 1 unspecified atom stereocenters. The van der Waals surface area contributed by atoms with E-state index in [1.54, 1.807) is 17.8 Å². The maximum absolute atomic E-state index is 13.2. The van der Waals surface area contributed by atoms with E-state index in [9.17, 15) is 13.2 Å². The van der Waals surface area contributed by atoms with Gasteiger partial charge in [0, 0.05) is 25.4 Å². The number of benzene rings is 1. The van der Waals surface area contributed by atoms with Gasteiger partial charge in [-0.05, 0) is 68.3 Å². The molecule has 0 bridgehead atoms. The SMILES string of the molecule is CSCCn1c(=NC(=O)C2CCCN(S(=O)(=O)c3ccc(Cl)s3)C2)sc2cc(C)c(C)cc21. The van der Waals surface area contributed by atoms with E-state index in [-0.39, 0.29) is 16.7 Å². The molecule has 0 spiro atoms. The van der Waals surface area contributed by atoms with E-state index in [4.69, 9.17) is 11.6 Å². The number of fused-ring (bicyclic) bond motifs is 1. The summed E-state index contributed by atoms with van der Waals surface area (Å²) in [6.45, 7) is 5.48. The van der Waals surface area contributed by atoms with Gasteiger partial charge in [0.15, 0.2) is 4.80 Å². The predicted octanol–water partition coefficient (Wildman–Crippen LogP) is 4.93. The zero-order valence-corrected chi connectivity index (χ0v) is 22.7. The second-order valence-electron chi connectivity index (χ2n) is 8.14. The zero-order valence-electron chi connectivity index (χ0n) is 18.7. The highest BCUT2D eigenvalue weighted by molar-refractivity contribution is 7.98. The summed E-state index contributed by atoms with van der Waals surface area (Å²) < 4.78 is 31.3. The van der Waals surface area contributed by atoms with Crippen LogP contribution in [0.1, 0.15) is 24.0 Å². The van der Waals surface area contributed by atoms with Crippen molar-refractivity contribution in [1.29, 1.82) is 0 Å². The summed E-state index contributed by atoms with van der Waals surface area (Å²) in [6, 6.07) is 7.41. The quantitative estimate of drug-likeness (QED) is 0.442. The lowest BCUT2D eigenvalue weighted by Gasteiger charge is -2.29. The molecule has 0 aliphatic carbocycles. The van der Waals surface area contributed by atoms with Crippen LogP contribution in [-0.2, 0) is 21.4 Å². The molecule has 1 amide bonds. The average Bonchev–Trinajstić information content (AvgIpc) is 3.36. The summed E-state index contributed by atoms with van der Waals surface area (Å²) >= 11 is 10.2. The lowest BCUT2D eigenvalue weighted by Crippen LogP contribution is -2.42. The number of sulfonamides is 1. The third-order valence-electron chi connectivity index (χ3n) is 5.90. The molecule has 11 heteroatoms. The molecule has 1 atom stereocenters. The summed E-state index contributed by atoms with van der Waals surface area (Å²) in [7, 11) is -3.66. The van der Waals surface area contributed by atoms with Crippen molar-refractivity contribution in [2.24, 2.45) is 10.9 Å². The Kier molecular flexibility index (Phi) is 7.72. The van der Waals surface area contributed by atoms with Crippen molar-refractivity contribution >= 4 is 72.2 Å². The van der Waals surface area contributed by atoms with E-state index in [1.165, 1.54) is 32.8 Å². The van der Waals surface area contributed by atoms with Crippen LogP contribution in [0.3, 0.4) is 0 Å². The largest absolute Gasteiger partial charge is 0.316 e. The first-order valence-corrected chi connectivity index (χ1v) is 15.5. The summed E-state index contributed by atoms with van der Waals surface area (Å²) in [5.41, 5.74) is 3.50. The van der Waals surface area contributed by atoms with Crippen LogP contribution in [0.15, 0.2) is 33.5 Å². The molecular weight excluding hydrogens is 518 g/mol. The van der Waals surface area contributed by atoms with Crippen molar-refractivity contribution in [3.05, 3.63) is 44.5 Å². The lowest BCUT2D eigenvalue weighted by atomic mass is 9.99. The van der Waals surface area contributed by atoms with E-state index in [1.807, 2.05) is 0 Å². The Morgan fingerprint density at radius 1 is 1.24 bits per heavy atom. The lowest BCUT2D eigenvalue weighted by molar-refractivity contribution is -0.122. The Morgan fingerprint density at radius 2 is 2.00 bits per heavy atom. The minimum absolute atomic E-state index is 0.147. The van der Waals surface area contributed by atoms with Gasteiger partial charge in [-0.15, -0.1) is 11.3 Å². The number of hydrogen-bond donors (Lipinski definition) is 0. The van der Waals surface area contributed by atoms with Gasteiger partial charge in [-0.2, -0.15) is 21.1 Å². The summed E-state index contributed by atoms with van der Waals surface area (Å²) in [5, 5.41) is 0. The molecule has 1 aromatic carbocycles. The van der Waals surface area contributed by atoms with Crippen LogP contribution in [0.25, 0.3) is 10.2 Å². The van der Waals surface area contributed by atoms with Gasteiger partial charge in [0.05, 0.1) is 20.5 Å². The van der Waals surface area contributed by atoms with Crippen molar-refractivity contribution in [2.75, 3.05) is 25.1 Å². The number of thiazole rings is 1. The molecule has 4 rings (SSSR count). The number of amides is 1. The topological polar surface area (TPSA) is 71.7 Å². The second kappa shape index (κ2) is 10.2. The molecule has 6 nitrogen and oxygen atoms in total. The van der Waals surface area contributed by atoms with Gasteiger partial charge in [-0.25, -0.2) is 8.42 Å². The average molecular weight is 544 g/mol. The number of nitrogens with zero attached hydrogens (tertiary/aromatic N) is 3. The van der Waals surface area contributed by atoms with Crippen LogP contribution in [0.4, 0.5) is 0 Å². The molecule has 33 heavy (non-hydrogen) atoms. The minimum Gasteiger partial charge on any atom is -0.316 e. The highest BCUT2D eigenvalue weighted by Gasteiger charge is 2.34. The smallest absolute Gasteiger partial charge is 0.252 e. The number of aryl methyl sites for hydroxylation is 3. The standard InChI is InChI=1S/C22H26ClN3O3S4/c1-14-11-17-18(12-15(14)2)31-22(26(17)9-10-30-3)24-21(27)16-5-4-8-25(13-16)33(28,29)20-7-6-19(23)32-20/h6-7,11-12,16H,4-5,8-10,13H2,1-3H3. The molecular formula is C22H26ClN3O3S4. The van der Waals surface area contributed by atoms with Gasteiger partial charge in [0.25, 0.3) is 15.9 Å². The monoisotopic (exact) mass is 543 g/mol. The molecule has 2 aromatic heterocycles. The molecule has 0 N–H and O–H groups in total. The Balaban J connectivity index is 1.64. The first kappa shape index (κ1) is 24.9. The van der Waals surface area contributed by atoms with Crippen LogP contribution in [-0.4, -0.2) is 48.3 Å². The van der Waals surface area contributed by atoms with E-state index in [0.717, 1.165) is 33.9 Å². The molecule has 1 fully saturated rings. The Bertz CT molecular complexity index is 1360. The minimum atomic E-state index is -3.66. The number of carbonyl (C=O) groups is 1.